The minimum Gasteiger partial charge on any atom is -0.455 e. The molecule has 2 heterocycles. The zero-order valence-electron chi connectivity index (χ0n) is 14.7. The lowest BCUT2D eigenvalue weighted by Gasteiger charge is -2.08. The number of nitrogens with one attached hydrogen (secondary N) is 1. The Morgan fingerprint density at radius 2 is 2.11 bits per heavy atom. The van der Waals surface area contributed by atoms with Gasteiger partial charge in [-0.25, -0.2) is 4.98 Å². The first-order valence-electron chi connectivity index (χ1n) is 8.11. The SMILES string of the molecule is Cc1cc([N+](=O)[O-])ccc1NC(=O)COC(=O)Cc1csc(-c2cccs2)n1. The van der Waals surface area contributed by atoms with Crippen molar-refractivity contribution in [3.05, 3.63) is 62.5 Å². The molecule has 0 spiro atoms. The summed E-state index contributed by atoms with van der Waals surface area (Å²) in [4.78, 5) is 39.6. The summed E-state index contributed by atoms with van der Waals surface area (Å²) >= 11 is 3.01. The molecule has 3 aromatic rings. The number of nitrogens with zero attached hydrogens (tertiary/aromatic N) is 2. The zero-order chi connectivity index (χ0) is 20.1. The van der Waals surface area contributed by atoms with Crippen molar-refractivity contribution in [1.82, 2.24) is 4.98 Å². The van der Waals surface area contributed by atoms with Crippen molar-refractivity contribution in [2.75, 3.05) is 11.9 Å². The average Bonchev–Trinajstić information content (AvgIpc) is 3.33. The summed E-state index contributed by atoms with van der Waals surface area (Å²) in [5, 5.41) is 17.9. The van der Waals surface area contributed by atoms with Crippen LogP contribution in [0.15, 0.2) is 41.1 Å². The van der Waals surface area contributed by atoms with Crippen molar-refractivity contribution >= 4 is 45.9 Å². The predicted octanol–water partition coefficient (Wildman–Crippen LogP) is 3.81. The first kappa shape index (κ1) is 19.6. The van der Waals surface area contributed by atoms with Crippen molar-refractivity contribution in [3.63, 3.8) is 0 Å². The summed E-state index contributed by atoms with van der Waals surface area (Å²) in [7, 11) is 0. The normalized spacial score (nSPS) is 10.5. The molecular formula is C18H15N3O5S2. The number of aryl methyl sites for hydroxylation is 1. The van der Waals surface area contributed by atoms with Crippen LogP contribution < -0.4 is 5.32 Å². The molecule has 0 aliphatic carbocycles. The summed E-state index contributed by atoms with van der Waals surface area (Å²) in [6.45, 7) is 1.19. The van der Waals surface area contributed by atoms with E-state index in [1.807, 2.05) is 17.5 Å². The highest BCUT2D eigenvalue weighted by molar-refractivity contribution is 7.20. The maximum atomic E-state index is 12.0. The molecule has 2 aromatic heterocycles. The van der Waals surface area contributed by atoms with Gasteiger partial charge in [0, 0.05) is 23.2 Å². The molecule has 0 bridgehead atoms. The molecule has 1 amide bonds. The molecule has 0 aliphatic rings. The Morgan fingerprint density at radius 3 is 2.79 bits per heavy atom. The van der Waals surface area contributed by atoms with Crippen LogP contribution >= 0.6 is 22.7 Å². The molecule has 3 rings (SSSR count). The molecule has 0 atom stereocenters. The molecular weight excluding hydrogens is 402 g/mol. The van der Waals surface area contributed by atoms with Crippen LogP contribution in [0.3, 0.4) is 0 Å². The van der Waals surface area contributed by atoms with E-state index in [1.54, 1.807) is 23.6 Å². The third-order valence-corrected chi connectivity index (χ3v) is 5.60. The van der Waals surface area contributed by atoms with Gasteiger partial charge in [0.15, 0.2) is 6.61 Å². The van der Waals surface area contributed by atoms with Crippen LogP contribution in [0.25, 0.3) is 9.88 Å². The van der Waals surface area contributed by atoms with Gasteiger partial charge in [-0.05, 0) is 30.0 Å². The van der Waals surface area contributed by atoms with Crippen LogP contribution in [-0.4, -0.2) is 28.4 Å². The van der Waals surface area contributed by atoms with Crippen LogP contribution in [0.5, 0.6) is 0 Å². The van der Waals surface area contributed by atoms with Gasteiger partial charge in [0.05, 0.1) is 21.9 Å². The van der Waals surface area contributed by atoms with Gasteiger partial charge in [-0.3, -0.25) is 19.7 Å². The van der Waals surface area contributed by atoms with Crippen molar-refractivity contribution in [2.45, 2.75) is 13.3 Å². The predicted molar refractivity (Wildman–Crippen MR) is 107 cm³/mol. The number of aromatic nitrogens is 1. The lowest BCUT2D eigenvalue weighted by atomic mass is 10.2. The minimum atomic E-state index is -0.557. The van der Waals surface area contributed by atoms with Gasteiger partial charge in [0.2, 0.25) is 0 Å². The molecule has 8 nitrogen and oxygen atoms in total. The quantitative estimate of drug-likeness (QED) is 0.355. The Morgan fingerprint density at radius 1 is 1.29 bits per heavy atom. The van der Waals surface area contributed by atoms with E-state index in [1.165, 1.54) is 29.5 Å². The van der Waals surface area contributed by atoms with Crippen molar-refractivity contribution < 1.29 is 19.2 Å². The summed E-state index contributed by atoms with van der Waals surface area (Å²) in [5.74, 6) is -1.08. The highest BCUT2D eigenvalue weighted by Gasteiger charge is 2.14. The Balaban J connectivity index is 1.49. The average molecular weight is 417 g/mol. The number of thiophene rings is 1. The van der Waals surface area contributed by atoms with Gasteiger partial charge >= 0.3 is 5.97 Å². The van der Waals surface area contributed by atoms with Gasteiger partial charge in [-0.15, -0.1) is 22.7 Å². The van der Waals surface area contributed by atoms with Gasteiger partial charge in [-0.1, -0.05) is 6.07 Å². The monoisotopic (exact) mass is 417 g/mol. The van der Waals surface area contributed by atoms with Crippen LogP contribution in [0.4, 0.5) is 11.4 Å². The highest BCUT2D eigenvalue weighted by Crippen LogP contribution is 2.28. The third kappa shape index (κ3) is 4.99. The lowest BCUT2D eigenvalue weighted by molar-refractivity contribution is -0.384. The second-order valence-electron chi connectivity index (χ2n) is 5.76. The van der Waals surface area contributed by atoms with Crippen molar-refractivity contribution in [3.8, 4) is 9.88 Å². The number of hydrogen-bond acceptors (Lipinski definition) is 8. The smallest absolute Gasteiger partial charge is 0.312 e. The number of esters is 1. The number of nitro benzene ring substituents is 1. The fourth-order valence-corrected chi connectivity index (χ4v) is 3.97. The standard InChI is InChI=1S/C18H15N3O5S2/c1-11-7-13(21(24)25)4-5-14(11)20-16(22)9-26-17(23)8-12-10-28-18(19-12)15-3-2-6-27-15/h2-7,10H,8-9H2,1H3,(H,20,22). The molecule has 0 saturated carbocycles. The van der Waals surface area contributed by atoms with Gasteiger partial charge in [-0.2, -0.15) is 0 Å². The van der Waals surface area contributed by atoms with E-state index >= 15 is 0 Å². The number of carbonyl (C=O) groups excluding carboxylic acids is 2. The molecule has 0 aliphatic heterocycles. The Labute approximate surface area is 168 Å². The van der Waals surface area contributed by atoms with Crippen molar-refractivity contribution in [1.29, 1.82) is 0 Å². The first-order chi connectivity index (χ1) is 13.4. The number of thiazole rings is 1. The largest absolute Gasteiger partial charge is 0.455 e. The van der Waals surface area contributed by atoms with Crippen LogP contribution in [0.2, 0.25) is 0 Å². The van der Waals surface area contributed by atoms with E-state index in [4.69, 9.17) is 4.74 Å². The molecule has 10 heteroatoms. The van der Waals surface area contributed by atoms with Gasteiger partial charge < -0.3 is 10.1 Å². The third-order valence-electron chi connectivity index (χ3n) is 3.67. The fourth-order valence-electron chi connectivity index (χ4n) is 2.33. The maximum Gasteiger partial charge on any atom is 0.312 e. The van der Waals surface area contributed by atoms with Gasteiger partial charge in [0.25, 0.3) is 11.6 Å². The lowest BCUT2D eigenvalue weighted by Crippen LogP contribution is -2.22. The maximum absolute atomic E-state index is 12.0. The minimum absolute atomic E-state index is 0.0221. The number of anilines is 1. The Bertz CT molecular complexity index is 1010. The summed E-state index contributed by atoms with van der Waals surface area (Å²) < 4.78 is 4.99. The molecule has 1 N–H and O–H groups in total. The number of non-ortho nitro benzene ring substituents is 1. The second-order valence-corrected chi connectivity index (χ2v) is 7.57. The molecule has 0 radical (unpaired) electrons. The van der Waals surface area contributed by atoms with E-state index in [2.05, 4.69) is 10.3 Å². The van der Waals surface area contributed by atoms with Crippen LogP contribution in [-0.2, 0) is 20.7 Å². The van der Waals surface area contributed by atoms with Crippen LogP contribution in [0, 0.1) is 17.0 Å². The topological polar surface area (TPSA) is 111 Å². The van der Waals surface area contributed by atoms with Crippen LogP contribution in [0.1, 0.15) is 11.3 Å². The Kier molecular flexibility index (Phi) is 6.12. The summed E-state index contributed by atoms with van der Waals surface area (Å²) in [6, 6.07) is 7.97. The van der Waals surface area contributed by atoms with Crippen molar-refractivity contribution in [2.24, 2.45) is 0 Å². The summed E-state index contributed by atoms with van der Waals surface area (Å²) in [5.41, 5.74) is 1.49. The number of rotatable bonds is 7. The van der Waals surface area contributed by atoms with E-state index < -0.39 is 23.4 Å². The molecule has 0 unspecified atom stereocenters. The molecule has 1 aromatic carbocycles. The summed E-state index contributed by atoms with van der Waals surface area (Å²) in [6.07, 6.45) is -0.0221. The molecule has 144 valence electrons. The number of nitro groups is 1. The number of ether oxygens (including phenoxy) is 1. The fraction of sp³-hybridized carbons (Fsp3) is 0.167. The molecule has 0 saturated heterocycles. The second kappa shape index (κ2) is 8.72. The highest BCUT2D eigenvalue weighted by atomic mass is 32.1. The Hall–Kier alpha value is -3.11. The number of benzene rings is 1. The molecule has 28 heavy (non-hydrogen) atoms. The zero-order valence-corrected chi connectivity index (χ0v) is 16.3. The molecule has 0 fully saturated rings. The van der Waals surface area contributed by atoms with Gasteiger partial charge in [0.1, 0.15) is 5.01 Å². The van der Waals surface area contributed by atoms with E-state index in [9.17, 15) is 19.7 Å². The number of amides is 1. The van der Waals surface area contributed by atoms with E-state index in [0.29, 0.717) is 16.9 Å². The number of carbonyl (C=O) groups is 2. The first-order valence-corrected chi connectivity index (χ1v) is 9.87. The van der Waals surface area contributed by atoms with E-state index in [-0.39, 0.29) is 12.1 Å². The number of hydrogen-bond donors (Lipinski definition) is 1. The van der Waals surface area contributed by atoms with E-state index in [0.717, 1.165) is 9.88 Å².